The first-order chi connectivity index (χ1) is 15.0. The molecule has 0 radical (unpaired) electrons. The van der Waals surface area contributed by atoms with Crippen molar-refractivity contribution in [1.29, 1.82) is 0 Å². The van der Waals surface area contributed by atoms with Crippen LogP contribution < -0.4 is 10.1 Å². The molecule has 0 unspecified atom stereocenters. The van der Waals surface area contributed by atoms with Gasteiger partial charge in [0.25, 0.3) is 0 Å². The minimum Gasteiger partial charge on any atom is -0.496 e. The lowest BCUT2D eigenvalue weighted by atomic mass is 9.93. The van der Waals surface area contributed by atoms with E-state index in [2.05, 4.69) is 11.4 Å². The highest BCUT2D eigenvalue weighted by Crippen LogP contribution is 2.40. The van der Waals surface area contributed by atoms with E-state index in [1.807, 2.05) is 13.8 Å². The normalized spacial score (nSPS) is 13.9. The second kappa shape index (κ2) is 8.96. The van der Waals surface area contributed by atoms with Gasteiger partial charge in [0.2, 0.25) is 5.91 Å². The van der Waals surface area contributed by atoms with Crippen molar-refractivity contribution in [2.45, 2.75) is 46.0 Å². The van der Waals surface area contributed by atoms with Gasteiger partial charge in [-0.1, -0.05) is 12.1 Å². The molecule has 4 rings (SSSR count). The predicted molar refractivity (Wildman–Crippen MR) is 121 cm³/mol. The van der Waals surface area contributed by atoms with Crippen LogP contribution in [0.2, 0.25) is 0 Å². The largest absolute Gasteiger partial charge is 0.496 e. The van der Waals surface area contributed by atoms with Gasteiger partial charge in [-0.25, -0.2) is 4.39 Å². The maximum Gasteiger partial charge on any atom is 0.244 e. The predicted octanol–water partition coefficient (Wildman–Crippen LogP) is 5.53. The van der Waals surface area contributed by atoms with Crippen molar-refractivity contribution in [3.05, 3.63) is 70.2 Å². The molecular formula is C26H28FNO3. The molecule has 0 atom stereocenters. The number of methoxy groups -OCH3 is 1. The van der Waals surface area contributed by atoms with Crippen LogP contribution in [0.4, 0.5) is 4.39 Å². The number of halogens is 1. The van der Waals surface area contributed by atoms with E-state index in [1.165, 1.54) is 24.1 Å². The summed E-state index contributed by atoms with van der Waals surface area (Å²) in [5, 5.41) is 4.04. The number of amides is 1. The molecule has 0 aliphatic heterocycles. The van der Waals surface area contributed by atoms with Crippen molar-refractivity contribution in [3.8, 4) is 5.75 Å². The van der Waals surface area contributed by atoms with Crippen LogP contribution in [0.25, 0.3) is 16.5 Å². The quantitative estimate of drug-likeness (QED) is 0.533. The lowest BCUT2D eigenvalue weighted by Gasteiger charge is -2.13. The van der Waals surface area contributed by atoms with Crippen LogP contribution in [-0.2, 0) is 24.1 Å². The van der Waals surface area contributed by atoms with Crippen LogP contribution in [0.1, 0.15) is 47.8 Å². The number of rotatable bonds is 6. The molecule has 1 amide bonds. The zero-order valence-electron chi connectivity index (χ0n) is 18.3. The van der Waals surface area contributed by atoms with Gasteiger partial charge < -0.3 is 14.5 Å². The molecule has 162 valence electrons. The number of hydrogen-bond acceptors (Lipinski definition) is 3. The van der Waals surface area contributed by atoms with Crippen molar-refractivity contribution in [3.63, 3.8) is 0 Å². The summed E-state index contributed by atoms with van der Waals surface area (Å²) in [5.74, 6) is 1.41. The van der Waals surface area contributed by atoms with Crippen LogP contribution in [0.15, 0.2) is 40.8 Å². The minimum absolute atomic E-state index is 0.159. The maximum atomic E-state index is 13.0. The molecule has 1 heterocycles. The lowest BCUT2D eigenvalue weighted by molar-refractivity contribution is -0.116. The van der Waals surface area contributed by atoms with E-state index in [1.54, 1.807) is 25.3 Å². The second-order valence-electron chi connectivity index (χ2n) is 8.16. The molecule has 1 aliphatic carbocycles. The van der Waals surface area contributed by atoms with E-state index in [-0.39, 0.29) is 11.7 Å². The number of ether oxygens (including phenoxy) is 1. The number of carbonyl (C=O) groups is 1. The Morgan fingerprint density at radius 1 is 1.23 bits per heavy atom. The standard InChI is InChI=1S/C26H28FNO3/c1-16(14-24(29)28-13-12-18-8-10-19(27)11-9-18)21-15-22-20-6-4-5-7-23(20)31-26(22)17(2)25(21)30-3/h8-11,14-15H,4-7,12-13H2,1-3H3,(H,28,29)/b16-14+. The third kappa shape index (κ3) is 4.36. The van der Waals surface area contributed by atoms with Crippen LogP contribution in [0, 0.1) is 12.7 Å². The van der Waals surface area contributed by atoms with Crippen molar-refractivity contribution in [2.75, 3.05) is 13.7 Å². The first-order valence-electron chi connectivity index (χ1n) is 10.8. The van der Waals surface area contributed by atoms with E-state index in [0.717, 1.165) is 64.0 Å². The minimum atomic E-state index is -0.258. The zero-order valence-corrected chi connectivity index (χ0v) is 18.3. The Balaban J connectivity index is 1.55. The summed E-state index contributed by atoms with van der Waals surface area (Å²) in [6.45, 7) is 4.42. The van der Waals surface area contributed by atoms with Gasteiger partial charge in [0.05, 0.1) is 7.11 Å². The Kier molecular flexibility index (Phi) is 6.12. The highest BCUT2D eigenvalue weighted by Gasteiger charge is 2.23. The average molecular weight is 422 g/mol. The number of allylic oxidation sites excluding steroid dienone is 1. The Morgan fingerprint density at radius 2 is 1.97 bits per heavy atom. The molecule has 0 saturated heterocycles. The van der Waals surface area contributed by atoms with Gasteiger partial charge >= 0.3 is 0 Å². The van der Waals surface area contributed by atoms with Gasteiger partial charge in [-0.2, -0.15) is 0 Å². The summed E-state index contributed by atoms with van der Waals surface area (Å²) in [4.78, 5) is 12.5. The van der Waals surface area contributed by atoms with E-state index in [0.29, 0.717) is 13.0 Å². The fourth-order valence-corrected chi connectivity index (χ4v) is 4.40. The summed E-state index contributed by atoms with van der Waals surface area (Å²) in [7, 11) is 1.65. The van der Waals surface area contributed by atoms with E-state index in [4.69, 9.17) is 9.15 Å². The molecule has 0 saturated carbocycles. The first-order valence-corrected chi connectivity index (χ1v) is 10.8. The number of nitrogens with one attached hydrogen (secondary N) is 1. The second-order valence-corrected chi connectivity index (χ2v) is 8.16. The van der Waals surface area contributed by atoms with Gasteiger partial charge in [0.15, 0.2) is 0 Å². The topological polar surface area (TPSA) is 51.5 Å². The third-order valence-electron chi connectivity index (χ3n) is 6.03. The first kappa shape index (κ1) is 21.2. The van der Waals surface area contributed by atoms with Gasteiger partial charge in [-0.05, 0) is 68.9 Å². The molecule has 5 heteroatoms. The summed E-state index contributed by atoms with van der Waals surface area (Å²) in [5.41, 5.74) is 5.89. The van der Waals surface area contributed by atoms with Crippen LogP contribution in [0.3, 0.4) is 0 Å². The smallest absolute Gasteiger partial charge is 0.244 e. The zero-order chi connectivity index (χ0) is 22.0. The van der Waals surface area contributed by atoms with Gasteiger partial charge in [0.1, 0.15) is 22.9 Å². The Morgan fingerprint density at radius 3 is 2.71 bits per heavy atom. The summed E-state index contributed by atoms with van der Waals surface area (Å²) < 4.78 is 24.9. The molecule has 1 aromatic heterocycles. The summed E-state index contributed by atoms with van der Waals surface area (Å²) in [6, 6.07) is 8.43. The molecule has 1 N–H and O–H groups in total. The number of fused-ring (bicyclic) bond motifs is 3. The molecule has 0 fully saturated rings. The Labute approximate surface area is 182 Å². The summed E-state index contributed by atoms with van der Waals surface area (Å²) >= 11 is 0. The molecule has 0 bridgehead atoms. The van der Waals surface area contributed by atoms with Crippen molar-refractivity contribution in [2.24, 2.45) is 0 Å². The molecule has 2 aromatic carbocycles. The van der Waals surface area contributed by atoms with E-state index >= 15 is 0 Å². The van der Waals surface area contributed by atoms with Crippen molar-refractivity contribution < 1.29 is 18.3 Å². The molecule has 0 spiro atoms. The fraction of sp³-hybridized carbons (Fsp3) is 0.346. The molecule has 1 aliphatic rings. The number of aryl methyl sites for hydroxylation is 3. The highest BCUT2D eigenvalue weighted by molar-refractivity contribution is 5.98. The number of furan rings is 1. The van der Waals surface area contributed by atoms with Crippen molar-refractivity contribution in [1.82, 2.24) is 5.32 Å². The molecule has 4 nitrogen and oxygen atoms in total. The van der Waals surface area contributed by atoms with Crippen LogP contribution in [-0.4, -0.2) is 19.6 Å². The van der Waals surface area contributed by atoms with Gasteiger partial charge in [-0.15, -0.1) is 0 Å². The average Bonchev–Trinajstić information content (AvgIpc) is 3.14. The van der Waals surface area contributed by atoms with E-state index < -0.39 is 0 Å². The van der Waals surface area contributed by atoms with Crippen LogP contribution in [0.5, 0.6) is 5.75 Å². The number of benzene rings is 2. The SMILES string of the molecule is COc1c(/C(C)=C/C(=O)NCCc2ccc(F)cc2)cc2c3c(oc2c1C)CCCC3. The molecule has 3 aromatic rings. The Bertz CT molecular complexity index is 1140. The van der Waals surface area contributed by atoms with Gasteiger partial charge in [-0.3, -0.25) is 4.79 Å². The number of carbonyl (C=O) groups excluding carboxylic acids is 1. The maximum absolute atomic E-state index is 13.0. The highest BCUT2D eigenvalue weighted by atomic mass is 19.1. The lowest BCUT2D eigenvalue weighted by Crippen LogP contribution is -2.23. The fourth-order valence-electron chi connectivity index (χ4n) is 4.40. The van der Waals surface area contributed by atoms with Crippen molar-refractivity contribution >= 4 is 22.4 Å². The monoisotopic (exact) mass is 421 g/mol. The summed E-state index contributed by atoms with van der Waals surface area (Å²) in [6.07, 6.45) is 6.60. The third-order valence-corrected chi connectivity index (χ3v) is 6.03. The van der Waals surface area contributed by atoms with Crippen LogP contribution >= 0.6 is 0 Å². The van der Waals surface area contributed by atoms with E-state index in [9.17, 15) is 9.18 Å². The van der Waals surface area contributed by atoms with Gasteiger partial charge in [0, 0.05) is 41.1 Å². The molecule has 31 heavy (non-hydrogen) atoms. The number of hydrogen-bond donors (Lipinski definition) is 1. The molecular weight excluding hydrogens is 393 g/mol. The Hall–Kier alpha value is -3.08.